The van der Waals surface area contributed by atoms with Crippen LogP contribution in [0.4, 0.5) is 5.69 Å². The van der Waals surface area contributed by atoms with Gasteiger partial charge in [0.25, 0.3) is 0 Å². The number of carbonyl (C=O) groups excluding carboxylic acids is 3. The quantitative estimate of drug-likeness (QED) is 0.518. The largest absolute Gasteiger partial charge is 0.497 e. The van der Waals surface area contributed by atoms with E-state index < -0.39 is 29.6 Å². The topological polar surface area (TPSA) is 110 Å². The van der Waals surface area contributed by atoms with Gasteiger partial charge in [0.05, 0.1) is 25.0 Å². The van der Waals surface area contributed by atoms with Gasteiger partial charge in [0.1, 0.15) is 17.4 Å². The van der Waals surface area contributed by atoms with E-state index in [2.05, 4.69) is 29.5 Å². The summed E-state index contributed by atoms with van der Waals surface area (Å²) >= 11 is 0. The van der Waals surface area contributed by atoms with Crippen molar-refractivity contribution in [2.24, 2.45) is 23.7 Å². The van der Waals surface area contributed by atoms with Gasteiger partial charge in [-0.1, -0.05) is 44.9 Å². The Kier molecular flexibility index (Phi) is 6.86. The fourth-order valence-electron chi connectivity index (χ4n) is 7.07. The average Bonchev–Trinajstić information content (AvgIpc) is 3.60. The molecule has 2 bridgehead atoms. The SMILES string of the molecule is COc1ccc(NC(=O)C2[C@@H]3C=CC4(O3)C(C(=O)NC3CCCC(C)C3C)N(Cc3cccnc3)C(=O)[C@H]24)cc1. The second kappa shape index (κ2) is 10.4. The van der Waals surface area contributed by atoms with Gasteiger partial charge in [-0.15, -0.1) is 0 Å². The molecule has 0 radical (unpaired) electrons. The Balaban J connectivity index is 1.31. The highest BCUT2D eigenvalue weighted by molar-refractivity contribution is 6.02. The number of carbonyl (C=O) groups is 3. The lowest BCUT2D eigenvalue weighted by atomic mass is 9.73. The minimum Gasteiger partial charge on any atom is -0.497 e. The summed E-state index contributed by atoms with van der Waals surface area (Å²) in [7, 11) is 1.58. The van der Waals surface area contributed by atoms with E-state index >= 15 is 0 Å². The second-order valence-corrected chi connectivity index (χ2v) is 11.6. The second-order valence-electron chi connectivity index (χ2n) is 11.6. The van der Waals surface area contributed by atoms with Crippen LogP contribution >= 0.6 is 0 Å². The molecule has 1 aromatic heterocycles. The summed E-state index contributed by atoms with van der Waals surface area (Å²) in [4.78, 5) is 47.7. The van der Waals surface area contributed by atoms with E-state index in [0.29, 0.717) is 23.3 Å². The number of rotatable bonds is 7. The number of hydrogen-bond acceptors (Lipinski definition) is 6. The van der Waals surface area contributed by atoms with Crippen molar-refractivity contribution < 1.29 is 23.9 Å². The van der Waals surface area contributed by atoms with Gasteiger partial charge < -0.3 is 25.0 Å². The molecule has 3 fully saturated rings. The molecule has 9 heteroatoms. The summed E-state index contributed by atoms with van der Waals surface area (Å²) in [5.41, 5.74) is 0.195. The first-order valence-electron chi connectivity index (χ1n) is 14.1. The molecule has 6 unspecified atom stereocenters. The van der Waals surface area contributed by atoms with Gasteiger partial charge in [-0.3, -0.25) is 19.4 Å². The number of anilines is 1. The first-order valence-corrected chi connectivity index (χ1v) is 14.1. The Morgan fingerprint density at radius 1 is 1.15 bits per heavy atom. The van der Waals surface area contributed by atoms with E-state index in [1.165, 1.54) is 0 Å². The zero-order chi connectivity index (χ0) is 28.0. The number of pyridine rings is 1. The fourth-order valence-corrected chi connectivity index (χ4v) is 7.07. The lowest BCUT2D eigenvalue weighted by Gasteiger charge is -2.38. The molecule has 1 spiro atoms. The highest BCUT2D eigenvalue weighted by atomic mass is 16.5. The standard InChI is InChI=1S/C31H36N4O5/c1-18-6-4-8-23(19(18)2)34-29(37)27-31-14-13-24(40-31)25(28(36)33-21-9-11-22(39-3)12-10-21)26(31)30(38)35(27)17-20-7-5-15-32-16-20/h5,7,9-16,18-19,23-27H,4,6,8,17H2,1-3H3,(H,33,36)(H,34,37)/t18?,19?,23?,24-,25?,26-,27?,31?/m0/s1. The monoisotopic (exact) mass is 544 g/mol. The lowest BCUT2D eigenvalue weighted by molar-refractivity contribution is -0.142. The van der Waals surface area contributed by atoms with Gasteiger partial charge in [-0.05, 0) is 54.2 Å². The number of likely N-dealkylation sites (tertiary alicyclic amines) is 1. The summed E-state index contributed by atoms with van der Waals surface area (Å²) in [6, 6.07) is 9.86. The van der Waals surface area contributed by atoms with Crippen LogP contribution in [0.25, 0.3) is 0 Å². The molecule has 2 N–H and O–H groups in total. The average molecular weight is 545 g/mol. The zero-order valence-corrected chi connectivity index (χ0v) is 23.1. The molecule has 210 valence electrons. The molecule has 3 amide bonds. The number of methoxy groups -OCH3 is 1. The van der Waals surface area contributed by atoms with Crippen molar-refractivity contribution in [3.05, 3.63) is 66.5 Å². The Labute approximate surface area is 234 Å². The summed E-state index contributed by atoms with van der Waals surface area (Å²) < 4.78 is 11.7. The molecule has 2 saturated heterocycles. The van der Waals surface area contributed by atoms with E-state index in [0.717, 1.165) is 24.8 Å². The highest BCUT2D eigenvalue weighted by Gasteiger charge is 2.72. The van der Waals surface area contributed by atoms with E-state index in [1.807, 2.05) is 24.3 Å². The van der Waals surface area contributed by atoms with E-state index in [-0.39, 0.29) is 30.3 Å². The van der Waals surface area contributed by atoms with Gasteiger partial charge >= 0.3 is 0 Å². The molecule has 9 nitrogen and oxygen atoms in total. The van der Waals surface area contributed by atoms with Gasteiger partial charge in [0.15, 0.2) is 0 Å². The van der Waals surface area contributed by atoms with Gasteiger partial charge in [0, 0.05) is 30.7 Å². The third-order valence-electron chi connectivity index (χ3n) is 9.39. The number of amides is 3. The van der Waals surface area contributed by atoms with Crippen molar-refractivity contribution in [1.82, 2.24) is 15.2 Å². The molecule has 4 aliphatic rings. The van der Waals surface area contributed by atoms with Crippen molar-refractivity contribution in [2.45, 2.75) is 63.4 Å². The van der Waals surface area contributed by atoms with Gasteiger partial charge in [-0.2, -0.15) is 0 Å². The predicted molar refractivity (Wildman–Crippen MR) is 148 cm³/mol. The molecule has 8 atom stereocenters. The molecule has 1 saturated carbocycles. The van der Waals surface area contributed by atoms with Crippen LogP contribution in [-0.4, -0.2) is 58.5 Å². The Morgan fingerprint density at radius 2 is 1.95 bits per heavy atom. The van der Waals surface area contributed by atoms with Gasteiger partial charge in [0.2, 0.25) is 17.7 Å². The first-order chi connectivity index (χ1) is 19.3. The van der Waals surface area contributed by atoms with Crippen LogP contribution in [0.2, 0.25) is 0 Å². The fraction of sp³-hybridized carbons (Fsp3) is 0.484. The van der Waals surface area contributed by atoms with Crippen LogP contribution < -0.4 is 15.4 Å². The number of benzene rings is 1. The van der Waals surface area contributed by atoms with E-state index in [4.69, 9.17) is 9.47 Å². The summed E-state index contributed by atoms with van der Waals surface area (Å²) in [6.07, 6.45) is 9.57. The van der Waals surface area contributed by atoms with Crippen LogP contribution in [-0.2, 0) is 25.7 Å². The number of fused-ring (bicyclic) bond motifs is 1. The van der Waals surface area contributed by atoms with E-state index in [9.17, 15) is 14.4 Å². The number of hydrogen-bond donors (Lipinski definition) is 2. The maximum Gasteiger partial charge on any atom is 0.246 e. The van der Waals surface area contributed by atoms with Gasteiger partial charge in [-0.25, -0.2) is 0 Å². The maximum absolute atomic E-state index is 14.2. The molecular weight excluding hydrogens is 508 g/mol. The van der Waals surface area contributed by atoms with Crippen molar-refractivity contribution in [3.8, 4) is 5.75 Å². The Morgan fingerprint density at radius 3 is 2.67 bits per heavy atom. The molecule has 6 rings (SSSR count). The van der Waals surface area contributed by atoms with Crippen LogP contribution in [0.3, 0.4) is 0 Å². The van der Waals surface area contributed by atoms with Crippen molar-refractivity contribution in [2.75, 3.05) is 12.4 Å². The van der Waals surface area contributed by atoms with Crippen LogP contribution in [0.15, 0.2) is 60.9 Å². The van der Waals surface area contributed by atoms with Crippen LogP contribution in [0.1, 0.15) is 38.7 Å². The highest BCUT2D eigenvalue weighted by Crippen LogP contribution is 2.55. The Bertz CT molecular complexity index is 1310. The van der Waals surface area contributed by atoms with Crippen LogP contribution in [0, 0.1) is 23.7 Å². The third-order valence-corrected chi connectivity index (χ3v) is 9.39. The molecular formula is C31H36N4O5. The van der Waals surface area contributed by atoms with E-state index in [1.54, 1.807) is 48.7 Å². The third kappa shape index (κ3) is 4.36. The number of nitrogens with zero attached hydrogens (tertiary/aromatic N) is 2. The smallest absolute Gasteiger partial charge is 0.246 e. The normalized spacial score (nSPS) is 34.0. The molecule has 1 aliphatic carbocycles. The minimum absolute atomic E-state index is 0.0267. The summed E-state index contributed by atoms with van der Waals surface area (Å²) in [6.45, 7) is 4.61. The Hall–Kier alpha value is -3.72. The summed E-state index contributed by atoms with van der Waals surface area (Å²) in [5.74, 6) is -0.853. The number of aromatic nitrogens is 1. The first kappa shape index (κ1) is 26.5. The molecule has 40 heavy (non-hydrogen) atoms. The molecule has 2 aromatic rings. The number of nitrogens with one attached hydrogen (secondary N) is 2. The zero-order valence-electron chi connectivity index (χ0n) is 23.1. The maximum atomic E-state index is 14.2. The number of ether oxygens (including phenoxy) is 2. The lowest BCUT2D eigenvalue weighted by Crippen LogP contribution is -2.57. The predicted octanol–water partition coefficient (Wildman–Crippen LogP) is 3.32. The molecule has 3 aliphatic heterocycles. The van der Waals surface area contributed by atoms with Crippen molar-refractivity contribution in [1.29, 1.82) is 0 Å². The minimum atomic E-state index is -1.21. The molecule has 4 heterocycles. The van der Waals surface area contributed by atoms with Crippen LogP contribution in [0.5, 0.6) is 5.75 Å². The van der Waals surface area contributed by atoms with Crippen molar-refractivity contribution >= 4 is 23.4 Å². The molecule has 1 aromatic carbocycles. The van der Waals surface area contributed by atoms with Crippen molar-refractivity contribution in [3.63, 3.8) is 0 Å². The summed E-state index contributed by atoms with van der Waals surface area (Å²) in [5, 5.41) is 6.23.